The number of aromatic nitrogens is 3. The molecule has 0 fully saturated rings. The first-order valence-corrected chi connectivity index (χ1v) is 8.81. The molecule has 0 bridgehead atoms. The molecule has 0 saturated heterocycles. The Balaban J connectivity index is 1.67. The van der Waals surface area contributed by atoms with Gasteiger partial charge in [0.2, 0.25) is 0 Å². The third-order valence-corrected chi connectivity index (χ3v) is 4.41. The second-order valence-electron chi connectivity index (χ2n) is 6.23. The fraction of sp³-hybridized carbons (Fsp3) is 0.0909. The fourth-order valence-electron chi connectivity index (χ4n) is 2.94. The van der Waals surface area contributed by atoms with Crippen molar-refractivity contribution < 1.29 is 9.53 Å². The van der Waals surface area contributed by atoms with Crippen LogP contribution in [0.25, 0.3) is 22.0 Å². The molecule has 6 nitrogen and oxygen atoms in total. The summed E-state index contributed by atoms with van der Waals surface area (Å²) in [6.07, 6.45) is 6.89. The van der Waals surface area contributed by atoms with Crippen LogP contribution in [-0.2, 0) is 6.54 Å². The molecule has 28 heavy (non-hydrogen) atoms. The molecule has 1 N–H and O–H groups in total. The van der Waals surface area contributed by atoms with Crippen LogP contribution in [0.15, 0.2) is 73.3 Å². The first kappa shape index (κ1) is 17.6. The Bertz CT molecular complexity index is 1130. The van der Waals surface area contributed by atoms with Crippen LogP contribution in [0.2, 0.25) is 0 Å². The monoisotopic (exact) mass is 370 g/mol. The van der Waals surface area contributed by atoms with Gasteiger partial charge in [-0.2, -0.15) is 0 Å². The summed E-state index contributed by atoms with van der Waals surface area (Å²) in [7, 11) is 1.63. The second kappa shape index (κ2) is 7.84. The van der Waals surface area contributed by atoms with Gasteiger partial charge in [0.05, 0.1) is 12.6 Å². The summed E-state index contributed by atoms with van der Waals surface area (Å²) in [5.74, 6) is 0.521. The highest BCUT2D eigenvalue weighted by atomic mass is 16.5. The van der Waals surface area contributed by atoms with Crippen molar-refractivity contribution in [2.24, 2.45) is 0 Å². The topological polar surface area (TPSA) is 77.0 Å². The molecule has 0 unspecified atom stereocenters. The summed E-state index contributed by atoms with van der Waals surface area (Å²) < 4.78 is 5.31. The van der Waals surface area contributed by atoms with Crippen LogP contribution in [0.1, 0.15) is 16.1 Å². The second-order valence-corrected chi connectivity index (χ2v) is 6.23. The Kier molecular flexibility index (Phi) is 4.93. The number of carbonyl (C=O) groups excluding carboxylic acids is 1. The number of nitrogens with one attached hydrogen (secondary N) is 1. The lowest BCUT2D eigenvalue weighted by atomic mass is 10.0. The number of hydrogen-bond donors (Lipinski definition) is 1. The van der Waals surface area contributed by atoms with E-state index in [4.69, 9.17) is 4.74 Å². The van der Waals surface area contributed by atoms with Crippen LogP contribution in [0.3, 0.4) is 0 Å². The van der Waals surface area contributed by atoms with Crippen LogP contribution in [-0.4, -0.2) is 28.0 Å². The van der Waals surface area contributed by atoms with Gasteiger partial charge in [-0.15, -0.1) is 0 Å². The number of rotatable bonds is 5. The zero-order valence-electron chi connectivity index (χ0n) is 15.3. The van der Waals surface area contributed by atoms with Crippen molar-refractivity contribution in [2.75, 3.05) is 7.11 Å². The highest BCUT2D eigenvalue weighted by Gasteiger charge is 2.12. The normalized spacial score (nSPS) is 10.6. The van der Waals surface area contributed by atoms with Crippen LogP contribution in [0, 0.1) is 0 Å². The third-order valence-electron chi connectivity index (χ3n) is 4.41. The predicted octanol–water partition coefficient (Wildman–Crippen LogP) is 3.63. The van der Waals surface area contributed by atoms with Crippen LogP contribution in [0.4, 0.5) is 0 Å². The van der Waals surface area contributed by atoms with Crippen molar-refractivity contribution in [3.8, 4) is 16.9 Å². The van der Waals surface area contributed by atoms with Crippen molar-refractivity contribution in [1.29, 1.82) is 0 Å². The SMILES string of the molecule is COc1cccc(-c2cncc3ccc(C(=O)NCc4ccncc4)nc23)c1. The van der Waals surface area contributed by atoms with Gasteiger partial charge in [0.1, 0.15) is 11.4 Å². The van der Waals surface area contributed by atoms with Gasteiger partial charge < -0.3 is 10.1 Å². The van der Waals surface area contributed by atoms with E-state index < -0.39 is 0 Å². The summed E-state index contributed by atoms with van der Waals surface area (Å²) >= 11 is 0. The first-order chi connectivity index (χ1) is 13.7. The molecule has 3 heterocycles. The predicted molar refractivity (Wildman–Crippen MR) is 107 cm³/mol. The molecule has 0 spiro atoms. The smallest absolute Gasteiger partial charge is 0.270 e. The van der Waals surface area contributed by atoms with E-state index in [0.29, 0.717) is 12.2 Å². The number of carbonyl (C=O) groups is 1. The average molecular weight is 370 g/mol. The van der Waals surface area contributed by atoms with Gasteiger partial charge >= 0.3 is 0 Å². The number of ether oxygens (including phenoxy) is 1. The molecule has 0 aliphatic rings. The summed E-state index contributed by atoms with van der Waals surface area (Å²) in [5.41, 5.74) is 3.83. The quantitative estimate of drug-likeness (QED) is 0.580. The minimum absolute atomic E-state index is 0.230. The van der Waals surface area contributed by atoms with E-state index in [9.17, 15) is 4.79 Å². The van der Waals surface area contributed by atoms with Gasteiger partial charge in [-0.1, -0.05) is 12.1 Å². The molecule has 0 aliphatic heterocycles. The molecule has 1 aromatic carbocycles. The minimum atomic E-state index is -0.230. The van der Waals surface area contributed by atoms with Crippen LogP contribution < -0.4 is 10.1 Å². The summed E-state index contributed by atoms with van der Waals surface area (Å²) in [4.78, 5) is 25.5. The van der Waals surface area contributed by atoms with E-state index in [0.717, 1.165) is 33.3 Å². The number of nitrogens with zero attached hydrogens (tertiary/aromatic N) is 3. The molecule has 4 rings (SSSR count). The number of methoxy groups -OCH3 is 1. The molecular weight excluding hydrogens is 352 g/mol. The minimum Gasteiger partial charge on any atom is -0.497 e. The maximum absolute atomic E-state index is 12.6. The molecule has 3 aromatic heterocycles. The Morgan fingerprint density at radius 3 is 2.71 bits per heavy atom. The van der Waals surface area contributed by atoms with Crippen molar-refractivity contribution in [2.45, 2.75) is 6.54 Å². The molecule has 0 atom stereocenters. The number of amides is 1. The largest absolute Gasteiger partial charge is 0.497 e. The molecule has 4 aromatic rings. The van der Waals surface area contributed by atoms with E-state index in [1.807, 2.05) is 42.5 Å². The molecule has 6 heteroatoms. The van der Waals surface area contributed by atoms with Crippen molar-refractivity contribution in [3.05, 3.63) is 84.6 Å². The Morgan fingerprint density at radius 2 is 1.89 bits per heavy atom. The van der Waals surface area contributed by atoms with Crippen molar-refractivity contribution in [3.63, 3.8) is 0 Å². The lowest BCUT2D eigenvalue weighted by Crippen LogP contribution is -2.23. The zero-order chi connectivity index (χ0) is 19.3. The van der Waals surface area contributed by atoms with Crippen molar-refractivity contribution in [1.82, 2.24) is 20.3 Å². The molecule has 0 saturated carbocycles. The van der Waals surface area contributed by atoms with Gasteiger partial charge in [-0.25, -0.2) is 4.98 Å². The highest BCUT2D eigenvalue weighted by Crippen LogP contribution is 2.29. The maximum Gasteiger partial charge on any atom is 0.270 e. The summed E-state index contributed by atoms with van der Waals surface area (Å²) in [6.45, 7) is 0.417. The van der Waals surface area contributed by atoms with E-state index in [1.165, 1.54) is 0 Å². The lowest BCUT2D eigenvalue weighted by Gasteiger charge is -2.09. The first-order valence-electron chi connectivity index (χ1n) is 8.81. The number of pyridine rings is 3. The summed E-state index contributed by atoms with van der Waals surface area (Å²) in [6, 6.07) is 15.0. The fourth-order valence-corrected chi connectivity index (χ4v) is 2.94. The standard InChI is InChI=1S/C22H18N4O2/c1-28-18-4-2-3-16(11-18)19-14-24-13-17-5-6-20(26-21(17)19)22(27)25-12-15-7-9-23-10-8-15/h2-11,13-14H,12H2,1H3,(H,25,27). The molecule has 0 radical (unpaired) electrons. The van der Waals surface area contributed by atoms with Gasteiger partial charge in [0, 0.05) is 42.3 Å². The van der Waals surface area contributed by atoms with Crippen LogP contribution >= 0.6 is 0 Å². The number of fused-ring (bicyclic) bond motifs is 1. The Labute approximate surface area is 162 Å². The molecule has 1 amide bonds. The van der Waals surface area contributed by atoms with E-state index in [-0.39, 0.29) is 5.91 Å². The molecule has 0 aliphatic carbocycles. The van der Waals surface area contributed by atoms with E-state index >= 15 is 0 Å². The van der Waals surface area contributed by atoms with Crippen LogP contribution in [0.5, 0.6) is 5.75 Å². The Morgan fingerprint density at radius 1 is 1.04 bits per heavy atom. The molecular formula is C22H18N4O2. The Hall–Kier alpha value is -3.80. The van der Waals surface area contributed by atoms with Gasteiger partial charge in [-0.05, 0) is 47.5 Å². The molecule has 138 valence electrons. The summed E-state index contributed by atoms with van der Waals surface area (Å²) in [5, 5.41) is 3.76. The van der Waals surface area contributed by atoms with Gasteiger partial charge in [0.15, 0.2) is 0 Å². The maximum atomic E-state index is 12.6. The van der Waals surface area contributed by atoms with Gasteiger partial charge in [0.25, 0.3) is 5.91 Å². The van der Waals surface area contributed by atoms with Gasteiger partial charge in [-0.3, -0.25) is 14.8 Å². The number of benzene rings is 1. The van der Waals surface area contributed by atoms with Crippen molar-refractivity contribution >= 4 is 16.8 Å². The number of hydrogen-bond acceptors (Lipinski definition) is 5. The lowest BCUT2D eigenvalue weighted by molar-refractivity contribution is 0.0946. The van der Waals surface area contributed by atoms with E-state index in [2.05, 4.69) is 20.3 Å². The average Bonchev–Trinajstić information content (AvgIpc) is 2.77. The zero-order valence-corrected chi connectivity index (χ0v) is 15.3. The third kappa shape index (κ3) is 3.66. The van der Waals surface area contributed by atoms with E-state index in [1.54, 1.807) is 38.0 Å². The highest BCUT2D eigenvalue weighted by molar-refractivity contribution is 5.98.